The van der Waals surface area contributed by atoms with Crippen molar-refractivity contribution >= 4 is 29.8 Å². The number of aryl methyl sites for hydroxylation is 1. The molecule has 1 aromatic heterocycles. The lowest BCUT2D eigenvalue weighted by Crippen LogP contribution is -1.79. The van der Waals surface area contributed by atoms with Crippen molar-refractivity contribution in [2.45, 2.75) is 13.8 Å². The molecule has 0 radical (unpaired) electrons. The molecule has 0 aromatic carbocycles. The molecule has 1 rings (SSSR count). The first kappa shape index (κ1) is 13.5. The quantitative estimate of drug-likeness (QED) is 0.661. The number of hydrogen-bond donors (Lipinski definition) is 0. The van der Waals surface area contributed by atoms with Crippen LogP contribution < -0.4 is 0 Å². The second-order valence-corrected chi connectivity index (χ2v) is 4.05. The van der Waals surface area contributed by atoms with Crippen LogP contribution in [0.4, 0.5) is 4.39 Å². The summed E-state index contributed by atoms with van der Waals surface area (Å²) < 4.78 is 18.5. The van der Waals surface area contributed by atoms with Crippen LogP contribution in [-0.2, 0) is 0 Å². The molecule has 0 saturated heterocycles. The average molecular weight is 253 g/mol. The molecule has 0 N–H and O–H groups in total. The molecule has 1 aromatic rings. The van der Waals surface area contributed by atoms with Gasteiger partial charge in [0.25, 0.3) is 0 Å². The summed E-state index contributed by atoms with van der Waals surface area (Å²) in [6.07, 6.45) is 6.34. The van der Waals surface area contributed by atoms with E-state index < -0.39 is 0 Å². The van der Waals surface area contributed by atoms with Gasteiger partial charge in [-0.25, -0.2) is 4.39 Å². The molecule has 0 fully saturated rings. The highest BCUT2D eigenvalue weighted by Gasteiger charge is 2.12. The van der Waals surface area contributed by atoms with Crippen LogP contribution in [0.5, 0.6) is 0 Å². The highest BCUT2D eigenvalue weighted by molar-refractivity contribution is 6.31. The first-order valence-corrected chi connectivity index (χ1v) is 5.45. The number of halogens is 2. The van der Waals surface area contributed by atoms with Gasteiger partial charge in [0.1, 0.15) is 11.5 Å². The zero-order chi connectivity index (χ0) is 13.0. The molecule has 17 heavy (non-hydrogen) atoms. The van der Waals surface area contributed by atoms with Crippen molar-refractivity contribution in [1.82, 2.24) is 0 Å². The average Bonchev–Trinajstić information content (AvgIpc) is 2.51. The van der Waals surface area contributed by atoms with E-state index in [0.29, 0.717) is 22.1 Å². The summed E-state index contributed by atoms with van der Waals surface area (Å²) in [6.45, 7) is 10.4. The monoisotopic (exact) mass is 252 g/mol. The van der Waals surface area contributed by atoms with Crippen LogP contribution >= 0.6 is 11.6 Å². The maximum Gasteiger partial charge on any atom is 0.134 e. The van der Waals surface area contributed by atoms with E-state index in [0.717, 1.165) is 5.56 Å². The van der Waals surface area contributed by atoms with Crippen molar-refractivity contribution in [3.05, 3.63) is 52.7 Å². The molecule has 0 aliphatic rings. The lowest BCUT2D eigenvalue weighted by molar-refractivity contribution is 0.524. The zero-order valence-corrected chi connectivity index (χ0v) is 10.6. The Balaban J connectivity index is 3.36. The van der Waals surface area contributed by atoms with Gasteiger partial charge in [0.05, 0.1) is 5.83 Å². The van der Waals surface area contributed by atoms with Crippen LogP contribution in [-0.4, -0.2) is 0 Å². The molecule has 90 valence electrons. The van der Waals surface area contributed by atoms with Gasteiger partial charge in [-0.05, 0) is 38.2 Å². The van der Waals surface area contributed by atoms with Crippen molar-refractivity contribution in [2.75, 3.05) is 0 Å². The molecule has 0 aliphatic carbocycles. The van der Waals surface area contributed by atoms with E-state index in [2.05, 4.69) is 13.2 Å². The Morgan fingerprint density at radius 1 is 1.41 bits per heavy atom. The van der Waals surface area contributed by atoms with E-state index in [-0.39, 0.29) is 5.83 Å². The summed E-state index contributed by atoms with van der Waals surface area (Å²) in [7, 11) is 0. The molecule has 3 heteroatoms. The summed E-state index contributed by atoms with van der Waals surface area (Å²) in [6, 6.07) is 0. The number of furan rings is 1. The minimum atomic E-state index is -0.298. The van der Waals surface area contributed by atoms with Crippen LogP contribution in [0.2, 0.25) is 0 Å². The SMILES string of the molecule is C=Cc1oc(C)c(/C=C\C(=C)Cl)c1/C=C(\C)F. The third kappa shape index (κ3) is 3.46. The summed E-state index contributed by atoms with van der Waals surface area (Å²) in [5, 5.41) is 0.401. The van der Waals surface area contributed by atoms with Crippen molar-refractivity contribution in [3.63, 3.8) is 0 Å². The molecule has 0 amide bonds. The Bertz CT molecular complexity index is 503. The topological polar surface area (TPSA) is 13.1 Å². The zero-order valence-electron chi connectivity index (χ0n) is 9.89. The Morgan fingerprint density at radius 3 is 2.53 bits per heavy atom. The standard InChI is InChI=1S/C14H14ClFO/c1-5-14-13(8-10(3)16)12(11(4)17-14)7-6-9(2)15/h5-8H,1-2H2,3-4H3/b7-6-,10-8+. The third-order valence-corrected chi connectivity index (χ3v) is 2.28. The number of rotatable bonds is 4. The van der Waals surface area contributed by atoms with Crippen molar-refractivity contribution in [1.29, 1.82) is 0 Å². The van der Waals surface area contributed by atoms with Gasteiger partial charge >= 0.3 is 0 Å². The van der Waals surface area contributed by atoms with Gasteiger partial charge in [-0.1, -0.05) is 24.8 Å². The van der Waals surface area contributed by atoms with Crippen LogP contribution in [0.15, 0.2) is 34.5 Å². The van der Waals surface area contributed by atoms with E-state index in [9.17, 15) is 4.39 Å². The Morgan fingerprint density at radius 2 is 2.06 bits per heavy atom. The molecule has 0 atom stereocenters. The fourth-order valence-corrected chi connectivity index (χ4v) is 1.54. The molecule has 1 heterocycles. The molecule has 0 bridgehead atoms. The Labute approximate surface area is 106 Å². The predicted octanol–water partition coefficient (Wildman–Crippen LogP) is 5.33. The third-order valence-electron chi connectivity index (χ3n) is 2.16. The van der Waals surface area contributed by atoms with Crippen LogP contribution in [0.1, 0.15) is 29.6 Å². The summed E-state index contributed by atoms with van der Waals surface area (Å²) in [4.78, 5) is 0. The normalized spacial score (nSPS) is 12.1. The largest absolute Gasteiger partial charge is 0.461 e. The van der Waals surface area contributed by atoms with Crippen molar-refractivity contribution < 1.29 is 8.81 Å². The fourth-order valence-electron chi connectivity index (χ4n) is 1.48. The van der Waals surface area contributed by atoms with Gasteiger partial charge in [0.15, 0.2) is 0 Å². The molecule has 0 spiro atoms. The van der Waals surface area contributed by atoms with Gasteiger partial charge in [0, 0.05) is 16.2 Å². The minimum absolute atomic E-state index is 0.298. The van der Waals surface area contributed by atoms with E-state index >= 15 is 0 Å². The molecule has 0 saturated carbocycles. The molecular formula is C14H14ClFO. The summed E-state index contributed by atoms with van der Waals surface area (Å²) >= 11 is 5.66. The van der Waals surface area contributed by atoms with Gasteiger partial charge in [-0.2, -0.15) is 0 Å². The molecule has 1 nitrogen and oxygen atoms in total. The summed E-state index contributed by atoms with van der Waals surface area (Å²) in [5.74, 6) is 0.925. The van der Waals surface area contributed by atoms with E-state index in [1.165, 1.54) is 13.0 Å². The maximum absolute atomic E-state index is 13.0. The van der Waals surface area contributed by atoms with Crippen LogP contribution in [0.25, 0.3) is 18.2 Å². The van der Waals surface area contributed by atoms with Gasteiger partial charge in [-0.15, -0.1) is 0 Å². The van der Waals surface area contributed by atoms with E-state index in [4.69, 9.17) is 16.0 Å². The smallest absolute Gasteiger partial charge is 0.134 e. The Hall–Kier alpha value is -1.54. The number of allylic oxidation sites excluding steroid dienone is 3. The van der Waals surface area contributed by atoms with Crippen LogP contribution in [0.3, 0.4) is 0 Å². The lowest BCUT2D eigenvalue weighted by atomic mass is 10.1. The fraction of sp³-hybridized carbons (Fsp3) is 0.143. The van der Waals surface area contributed by atoms with Crippen molar-refractivity contribution in [3.8, 4) is 0 Å². The lowest BCUT2D eigenvalue weighted by Gasteiger charge is -1.94. The predicted molar refractivity (Wildman–Crippen MR) is 72.3 cm³/mol. The number of hydrogen-bond acceptors (Lipinski definition) is 1. The second-order valence-electron chi connectivity index (χ2n) is 3.57. The first-order chi connectivity index (χ1) is 7.95. The van der Waals surface area contributed by atoms with Crippen LogP contribution in [0, 0.1) is 6.92 Å². The van der Waals surface area contributed by atoms with Gasteiger partial charge in [0.2, 0.25) is 0 Å². The van der Waals surface area contributed by atoms with E-state index in [1.807, 2.05) is 0 Å². The molecule has 0 unspecified atom stereocenters. The van der Waals surface area contributed by atoms with Gasteiger partial charge in [-0.3, -0.25) is 0 Å². The first-order valence-electron chi connectivity index (χ1n) is 5.07. The molecule has 0 aliphatic heterocycles. The minimum Gasteiger partial charge on any atom is -0.461 e. The maximum atomic E-state index is 13.0. The van der Waals surface area contributed by atoms with Crippen molar-refractivity contribution in [2.24, 2.45) is 0 Å². The highest BCUT2D eigenvalue weighted by atomic mass is 35.5. The molecular weight excluding hydrogens is 239 g/mol. The summed E-state index contributed by atoms with van der Waals surface area (Å²) in [5.41, 5.74) is 1.44. The second kappa shape index (κ2) is 5.69. The Kier molecular flexibility index (Phi) is 4.53. The van der Waals surface area contributed by atoms with E-state index in [1.54, 1.807) is 25.2 Å². The highest BCUT2D eigenvalue weighted by Crippen LogP contribution is 2.27. The van der Waals surface area contributed by atoms with Gasteiger partial charge < -0.3 is 4.42 Å².